The third kappa shape index (κ3) is 3.48. The summed E-state index contributed by atoms with van der Waals surface area (Å²) in [6.07, 6.45) is 0. The first kappa shape index (κ1) is 14.3. The molecule has 1 rings (SSSR count). The van der Waals surface area contributed by atoms with E-state index in [0.29, 0.717) is 4.90 Å². The Hall–Kier alpha value is 0.330. The number of hydrogen-bond acceptors (Lipinski definition) is 1. The summed E-state index contributed by atoms with van der Waals surface area (Å²) in [5.41, 5.74) is 0.838. The van der Waals surface area contributed by atoms with Crippen LogP contribution in [0.15, 0.2) is 29.2 Å². The number of benzene rings is 1. The standard InChI is InChI=1S/C10H14O2S.Na.H/c1-10(2,3)8-6-4-5-7-9(8)13(11)12;;/h4-7H,1-3H3,(H,11,12);;. The SMILES string of the molecule is CC(C)(C)c1ccccc1S(=O)O.[NaH]. The molecule has 14 heavy (non-hydrogen) atoms. The van der Waals surface area contributed by atoms with Gasteiger partial charge < -0.3 is 4.55 Å². The topological polar surface area (TPSA) is 37.3 Å². The Morgan fingerprint density at radius 1 is 1.21 bits per heavy atom. The van der Waals surface area contributed by atoms with Crippen molar-refractivity contribution in [2.45, 2.75) is 31.1 Å². The van der Waals surface area contributed by atoms with E-state index in [1.165, 1.54) is 0 Å². The second kappa shape index (κ2) is 5.42. The summed E-state index contributed by atoms with van der Waals surface area (Å²) in [6, 6.07) is 7.25. The molecule has 0 aromatic heterocycles. The zero-order valence-electron chi connectivity index (χ0n) is 8.07. The van der Waals surface area contributed by atoms with E-state index in [9.17, 15) is 4.21 Å². The second-order valence-electron chi connectivity index (χ2n) is 4.00. The van der Waals surface area contributed by atoms with E-state index in [0.717, 1.165) is 5.56 Å². The molecule has 0 bridgehead atoms. The molecule has 0 amide bonds. The normalized spacial score (nSPS) is 13.1. The van der Waals surface area contributed by atoms with Crippen molar-refractivity contribution in [3.8, 4) is 0 Å². The maximum absolute atomic E-state index is 11.0. The second-order valence-corrected chi connectivity index (χ2v) is 4.93. The molecule has 4 heteroatoms. The number of hydrogen-bond donors (Lipinski definition) is 1. The average molecular weight is 222 g/mol. The van der Waals surface area contributed by atoms with Crippen LogP contribution in [0, 0.1) is 0 Å². The van der Waals surface area contributed by atoms with Crippen molar-refractivity contribution in [1.29, 1.82) is 0 Å². The van der Waals surface area contributed by atoms with Gasteiger partial charge in [0.05, 0.1) is 4.90 Å². The molecule has 0 aliphatic rings. The fourth-order valence-electron chi connectivity index (χ4n) is 1.24. The average Bonchev–Trinajstić information content (AvgIpc) is 2.03. The number of rotatable bonds is 1. The van der Waals surface area contributed by atoms with E-state index in [1.807, 2.05) is 32.9 Å². The Morgan fingerprint density at radius 2 is 1.71 bits per heavy atom. The van der Waals surface area contributed by atoms with Crippen LogP contribution in [0.25, 0.3) is 0 Å². The van der Waals surface area contributed by atoms with Gasteiger partial charge in [-0.05, 0) is 17.0 Å². The molecule has 2 nitrogen and oxygen atoms in total. The van der Waals surface area contributed by atoms with Crippen LogP contribution in [0.4, 0.5) is 0 Å². The van der Waals surface area contributed by atoms with Crippen LogP contribution >= 0.6 is 0 Å². The first-order valence-corrected chi connectivity index (χ1v) is 5.24. The molecule has 0 fully saturated rings. The van der Waals surface area contributed by atoms with Crippen molar-refractivity contribution in [2.75, 3.05) is 0 Å². The van der Waals surface area contributed by atoms with E-state index in [1.54, 1.807) is 12.1 Å². The first-order valence-electron chi connectivity index (χ1n) is 4.13. The zero-order chi connectivity index (χ0) is 10.1. The van der Waals surface area contributed by atoms with Crippen LogP contribution in [-0.4, -0.2) is 38.3 Å². The van der Waals surface area contributed by atoms with Crippen molar-refractivity contribution in [1.82, 2.24) is 0 Å². The predicted octanol–water partition coefficient (Wildman–Crippen LogP) is 1.92. The van der Waals surface area contributed by atoms with Crippen LogP contribution in [0.1, 0.15) is 26.3 Å². The molecule has 0 aliphatic heterocycles. The summed E-state index contributed by atoms with van der Waals surface area (Å²) in [4.78, 5) is 0.509. The van der Waals surface area contributed by atoms with Gasteiger partial charge in [0.1, 0.15) is 0 Å². The van der Waals surface area contributed by atoms with Gasteiger partial charge in [0.15, 0.2) is 11.1 Å². The van der Waals surface area contributed by atoms with Crippen LogP contribution < -0.4 is 0 Å². The molecule has 1 aromatic rings. The van der Waals surface area contributed by atoms with Crippen molar-refractivity contribution in [2.24, 2.45) is 0 Å². The molecule has 0 saturated carbocycles. The molecule has 74 valence electrons. The van der Waals surface area contributed by atoms with Crippen LogP contribution in [0.5, 0.6) is 0 Å². The minimum atomic E-state index is -1.89. The molecule has 1 unspecified atom stereocenters. The zero-order valence-corrected chi connectivity index (χ0v) is 8.89. The van der Waals surface area contributed by atoms with E-state index in [-0.39, 0.29) is 35.0 Å². The summed E-state index contributed by atoms with van der Waals surface area (Å²) < 4.78 is 20.0. The Bertz CT molecular complexity index is 331. The molecular formula is C10H15NaO2S. The first-order chi connectivity index (χ1) is 5.93. The van der Waals surface area contributed by atoms with Gasteiger partial charge in [0.2, 0.25) is 0 Å². The quantitative estimate of drug-likeness (QED) is 0.582. The molecule has 0 aliphatic carbocycles. The van der Waals surface area contributed by atoms with Gasteiger partial charge in [-0.3, -0.25) is 0 Å². The Morgan fingerprint density at radius 3 is 2.07 bits per heavy atom. The van der Waals surface area contributed by atoms with Crippen LogP contribution in [-0.2, 0) is 16.5 Å². The summed E-state index contributed by atoms with van der Waals surface area (Å²) in [6.45, 7) is 6.08. The van der Waals surface area contributed by atoms with Gasteiger partial charge in [-0.1, -0.05) is 39.0 Å². The summed E-state index contributed by atoms with van der Waals surface area (Å²) in [7, 11) is 0. The fourth-order valence-corrected chi connectivity index (χ4v) is 2.00. The molecule has 1 aromatic carbocycles. The fraction of sp³-hybridized carbons (Fsp3) is 0.400. The molecule has 0 radical (unpaired) electrons. The van der Waals surface area contributed by atoms with Gasteiger partial charge in [-0.15, -0.1) is 0 Å². The van der Waals surface area contributed by atoms with Crippen molar-refractivity contribution < 1.29 is 8.76 Å². The van der Waals surface area contributed by atoms with E-state index in [2.05, 4.69) is 0 Å². The third-order valence-corrected chi connectivity index (χ3v) is 2.62. The predicted molar refractivity (Wildman–Crippen MR) is 61.3 cm³/mol. The van der Waals surface area contributed by atoms with E-state index >= 15 is 0 Å². The molecule has 0 saturated heterocycles. The van der Waals surface area contributed by atoms with Crippen molar-refractivity contribution in [3.05, 3.63) is 29.8 Å². The van der Waals surface area contributed by atoms with E-state index < -0.39 is 11.1 Å². The van der Waals surface area contributed by atoms with Crippen LogP contribution in [0.2, 0.25) is 0 Å². The minimum absolute atomic E-state index is 0. The molecule has 1 N–H and O–H groups in total. The maximum atomic E-state index is 11.0. The van der Waals surface area contributed by atoms with Gasteiger partial charge in [-0.2, -0.15) is 0 Å². The summed E-state index contributed by atoms with van der Waals surface area (Å²) >= 11 is -1.89. The third-order valence-electron chi connectivity index (χ3n) is 1.88. The van der Waals surface area contributed by atoms with Gasteiger partial charge in [0.25, 0.3) is 0 Å². The summed E-state index contributed by atoms with van der Waals surface area (Å²) in [5, 5.41) is 0. The van der Waals surface area contributed by atoms with Gasteiger partial charge in [-0.25, -0.2) is 4.21 Å². The molecule has 1 atom stereocenters. The molecule has 0 heterocycles. The van der Waals surface area contributed by atoms with Crippen molar-refractivity contribution in [3.63, 3.8) is 0 Å². The Labute approximate surface area is 110 Å². The molecule has 0 spiro atoms. The Kier molecular flexibility index (Phi) is 5.55. The van der Waals surface area contributed by atoms with E-state index in [4.69, 9.17) is 4.55 Å². The monoisotopic (exact) mass is 222 g/mol. The van der Waals surface area contributed by atoms with Crippen molar-refractivity contribution >= 4 is 40.6 Å². The summed E-state index contributed by atoms with van der Waals surface area (Å²) in [5.74, 6) is 0. The van der Waals surface area contributed by atoms with Gasteiger partial charge >= 0.3 is 29.6 Å². The Balaban J connectivity index is 0.00000169. The molecular weight excluding hydrogens is 207 g/mol. The van der Waals surface area contributed by atoms with Crippen LogP contribution in [0.3, 0.4) is 0 Å². The van der Waals surface area contributed by atoms with Gasteiger partial charge in [0, 0.05) is 0 Å².